The summed E-state index contributed by atoms with van der Waals surface area (Å²) in [5.74, 6) is -0.0358. The molecule has 0 atom stereocenters. The molecule has 0 aliphatic carbocycles. The minimum absolute atomic E-state index is 0.277. The highest BCUT2D eigenvalue weighted by Gasteiger charge is 2.23. The van der Waals surface area contributed by atoms with Gasteiger partial charge in [0, 0.05) is 16.9 Å². The zero-order chi connectivity index (χ0) is 21.3. The smallest absolute Gasteiger partial charge is 0.340 e. The number of benzene rings is 2. The topological polar surface area (TPSA) is 99.9 Å². The first kappa shape index (κ1) is 19.4. The van der Waals surface area contributed by atoms with Crippen LogP contribution in [-0.4, -0.2) is 33.4 Å². The number of hydrogen-bond acceptors (Lipinski definition) is 4. The first-order valence-electron chi connectivity index (χ1n) is 9.70. The van der Waals surface area contributed by atoms with Crippen LogP contribution in [0, 0.1) is 13.8 Å². The third kappa shape index (κ3) is 3.57. The second-order valence-electron chi connectivity index (χ2n) is 6.98. The van der Waals surface area contributed by atoms with Crippen molar-refractivity contribution in [2.24, 2.45) is 0 Å². The van der Waals surface area contributed by atoms with Gasteiger partial charge in [-0.2, -0.15) is 0 Å². The summed E-state index contributed by atoms with van der Waals surface area (Å²) in [4.78, 5) is 35.9. The lowest BCUT2D eigenvalue weighted by Crippen LogP contribution is -2.14. The lowest BCUT2D eigenvalue weighted by molar-refractivity contribution is 0.0525. The first-order chi connectivity index (χ1) is 14.5. The second kappa shape index (κ2) is 7.87. The van der Waals surface area contributed by atoms with Gasteiger partial charge in [0.05, 0.1) is 23.2 Å². The molecule has 7 nitrogen and oxygen atoms in total. The molecule has 2 aromatic carbocycles. The normalized spacial score (nSPS) is 10.9. The Kier molecular flexibility index (Phi) is 5.10. The number of aromatic amines is 2. The van der Waals surface area contributed by atoms with E-state index in [9.17, 15) is 9.59 Å². The highest BCUT2D eigenvalue weighted by molar-refractivity contribution is 6.07. The van der Waals surface area contributed by atoms with Gasteiger partial charge in [-0.25, -0.2) is 9.78 Å². The molecule has 0 unspecified atom stereocenters. The van der Waals surface area contributed by atoms with Crippen LogP contribution in [0.25, 0.3) is 22.4 Å². The zero-order valence-corrected chi connectivity index (χ0v) is 17.0. The number of H-pyrrole nitrogens is 2. The number of rotatable bonds is 5. The van der Waals surface area contributed by atoms with Gasteiger partial charge in [-0.15, -0.1) is 0 Å². The molecule has 0 saturated carbocycles. The van der Waals surface area contributed by atoms with E-state index in [1.165, 1.54) is 0 Å². The number of carbonyl (C=O) groups is 2. The number of amides is 1. The number of nitrogens with zero attached hydrogens (tertiary/aromatic N) is 1. The van der Waals surface area contributed by atoms with E-state index in [1.807, 2.05) is 42.5 Å². The van der Waals surface area contributed by atoms with E-state index < -0.39 is 5.97 Å². The van der Waals surface area contributed by atoms with Crippen molar-refractivity contribution in [3.05, 3.63) is 71.0 Å². The first-order valence-corrected chi connectivity index (χ1v) is 9.70. The Morgan fingerprint density at radius 1 is 1.07 bits per heavy atom. The van der Waals surface area contributed by atoms with Gasteiger partial charge in [0.2, 0.25) is 0 Å². The molecular weight excluding hydrogens is 380 g/mol. The molecule has 0 aliphatic rings. The maximum Gasteiger partial charge on any atom is 0.340 e. The molecule has 2 aromatic heterocycles. The number of carbonyl (C=O) groups excluding carboxylic acids is 2. The number of para-hydroxylation sites is 2. The van der Waals surface area contributed by atoms with Crippen molar-refractivity contribution >= 4 is 28.6 Å². The second-order valence-corrected chi connectivity index (χ2v) is 6.98. The molecule has 7 heteroatoms. The molecule has 4 aromatic rings. The van der Waals surface area contributed by atoms with Crippen LogP contribution < -0.4 is 5.32 Å². The van der Waals surface area contributed by atoms with Crippen molar-refractivity contribution in [3.8, 4) is 11.4 Å². The van der Waals surface area contributed by atoms with Crippen molar-refractivity contribution in [2.45, 2.75) is 20.8 Å². The Morgan fingerprint density at radius 3 is 2.63 bits per heavy atom. The molecule has 0 fully saturated rings. The summed E-state index contributed by atoms with van der Waals surface area (Å²) >= 11 is 0. The lowest BCUT2D eigenvalue weighted by Gasteiger charge is -2.07. The Balaban J connectivity index is 1.59. The van der Waals surface area contributed by atoms with Crippen molar-refractivity contribution in [3.63, 3.8) is 0 Å². The summed E-state index contributed by atoms with van der Waals surface area (Å²) in [5.41, 5.74) is 5.22. The third-order valence-corrected chi connectivity index (χ3v) is 4.93. The van der Waals surface area contributed by atoms with E-state index in [0.29, 0.717) is 28.2 Å². The number of ether oxygens (including phenoxy) is 1. The van der Waals surface area contributed by atoms with Crippen LogP contribution in [0.5, 0.6) is 0 Å². The highest BCUT2D eigenvalue weighted by Crippen LogP contribution is 2.24. The summed E-state index contributed by atoms with van der Waals surface area (Å²) in [6, 6.07) is 15.2. The van der Waals surface area contributed by atoms with Crippen molar-refractivity contribution in [1.29, 1.82) is 0 Å². The minimum Gasteiger partial charge on any atom is -0.462 e. The molecule has 30 heavy (non-hydrogen) atoms. The number of imidazole rings is 1. The molecule has 0 aliphatic heterocycles. The molecular formula is C23H22N4O3. The zero-order valence-electron chi connectivity index (χ0n) is 17.0. The van der Waals surface area contributed by atoms with E-state index in [4.69, 9.17) is 4.74 Å². The standard InChI is InChI=1S/C23H22N4O3/c1-4-30-23(29)19-13(2)20(24-14(19)3)22(28)25-16-9-7-8-15(12-16)21-26-17-10-5-6-11-18(17)27-21/h5-12,24H,4H2,1-3H3,(H,25,28)(H,26,27). The van der Waals surface area contributed by atoms with Gasteiger partial charge in [-0.3, -0.25) is 4.79 Å². The van der Waals surface area contributed by atoms with Crippen molar-refractivity contribution in [1.82, 2.24) is 15.0 Å². The van der Waals surface area contributed by atoms with Gasteiger partial charge >= 0.3 is 5.97 Å². The molecule has 0 spiro atoms. The highest BCUT2D eigenvalue weighted by atomic mass is 16.5. The maximum atomic E-state index is 12.9. The molecule has 2 heterocycles. The van der Waals surface area contributed by atoms with Crippen LogP contribution in [0.3, 0.4) is 0 Å². The summed E-state index contributed by atoms with van der Waals surface area (Å²) in [6.07, 6.45) is 0. The number of aromatic nitrogens is 3. The quantitative estimate of drug-likeness (QED) is 0.425. The molecule has 3 N–H and O–H groups in total. The summed E-state index contributed by atoms with van der Waals surface area (Å²) in [5, 5.41) is 2.89. The van der Waals surface area contributed by atoms with Crippen molar-refractivity contribution < 1.29 is 14.3 Å². The van der Waals surface area contributed by atoms with Crippen LogP contribution in [0.1, 0.15) is 39.0 Å². The average Bonchev–Trinajstić information content (AvgIpc) is 3.29. The fraction of sp³-hybridized carbons (Fsp3) is 0.174. The fourth-order valence-corrected chi connectivity index (χ4v) is 3.51. The van der Waals surface area contributed by atoms with E-state index >= 15 is 0 Å². The van der Waals surface area contributed by atoms with Crippen LogP contribution in [-0.2, 0) is 4.74 Å². The monoisotopic (exact) mass is 402 g/mol. The average molecular weight is 402 g/mol. The molecule has 4 rings (SSSR count). The predicted molar refractivity (Wildman–Crippen MR) is 116 cm³/mol. The van der Waals surface area contributed by atoms with Crippen molar-refractivity contribution in [2.75, 3.05) is 11.9 Å². The third-order valence-electron chi connectivity index (χ3n) is 4.93. The van der Waals surface area contributed by atoms with Crippen LogP contribution >= 0.6 is 0 Å². The summed E-state index contributed by atoms with van der Waals surface area (Å²) in [6.45, 7) is 5.50. The molecule has 0 saturated heterocycles. The molecule has 0 radical (unpaired) electrons. The summed E-state index contributed by atoms with van der Waals surface area (Å²) < 4.78 is 5.09. The number of nitrogens with one attached hydrogen (secondary N) is 3. The molecule has 1 amide bonds. The number of fused-ring (bicyclic) bond motifs is 1. The van der Waals surface area contributed by atoms with Gasteiger partial charge in [0.25, 0.3) is 5.91 Å². The van der Waals surface area contributed by atoms with Gasteiger partial charge in [-0.1, -0.05) is 24.3 Å². The predicted octanol–water partition coefficient (Wildman–Crippen LogP) is 4.60. The van der Waals surface area contributed by atoms with Crippen LogP contribution in [0.2, 0.25) is 0 Å². The van der Waals surface area contributed by atoms with Crippen LogP contribution in [0.4, 0.5) is 5.69 Å². The number of aryl methyl sites for hydroxylation is 1. The van der Waals surface area contributed by atoms with E-state index in [0.717, 1.165) is 22.4 Å². The number of anilines is 1. The minimum atomic E-state index is -0.435. The fourth-order valence-electron chi connectivity index (χ4n) is 3.51. The number of esters is 1. The lowest BCUT2D eigenvalue weighted by atomic mass is 10.1. The Hall–Kier alpha value is -3.87. The Bertz CT molecular complexity index is 1220. The van der Waals surface area contributed by atoms with E-state index in [2.05, 4.69) is 20.3 Å². The van der Waals surface area contributed by atoms with Crippen LogP contribution in [0.15, 0.2) is 48.5 Å². The largest absolute Gasteiger partial charge is 0.462 e. The molecule has 152 valence electrons. The Morgan fingerprint density at radius 2 is 1.87 bits per heavy atom. The number of hydrogen-bond donors (Lipinski definition) is 3. The van der Waals surface area contributed by atoms with Gasteiger partial charge < -0.3 is 20.0 Å². The van der Waals surface area contributed by atoms with Gasteiger partial charge in [0.1, 0.15) is 11.5 Å². The van der Waals surface area contributed by atoms with Gasteiger partial charge in [0.15, 0.2) is 0 Å². The summed E-state index contributed by atoms with van der Waals surface area (Å²) in [7, 11) is 0. The molecule has 0 bridgehead atoms. The van der Waals surface area contributed by atoms with Gasteiger partial charge in [-0.05, 0) is 50.6 Å². The van der Waals surface area contributed by atoms with E-state index in [-0.39, 0.29) is 12.5 Å². The van der Waals surface area contributed by atoms with E-state index in [1.54, 1.807) is 26.8 Å². The maximum absolute atomic E-state index is 12.9. The Labute approximate surface area is 173 Å². The SMILES string of the molecule is CCOC(=O)c1c(C)[nH]c(C(=O)Nc2cccc(-c3nc4ccccc4[nH]3)c2)c1C.